The highest BCUT2D eigenvalue weighted by Crippen LogP contribution is 2.20. The summed E-state index contributed by atoms with van der Waals surface area (Å²) in [7, 11) is 3.72. The summed E-state index contributed by atoms with van der Waals surface area (Å²) in [5, 5.41) is 4.73. The van der Waals surface area contributed by atoms with Crippen LogP contribution in [-0.2, 0) is 0 Å². The lowest BCUT2D eigenvalue weighted by atomic mass is 10.1. The summed E-state index contributed by atoms with van der Waals surface area (Å²) in [5.74, 6) is -0.127. The first-order chi connectivity index (χ1) is 9.10. The van der Waals surface area contributed by atoms with Crippen LogP contribution in [0.15, 0.2) is 18.2 Å². The molecule has 0 saturated carbocycles. The van der Waals surface area contributed by atoms with Crippen molar-refractivity contribution in [1.82, 2.24) is 15.2 Å². The maximum atomic E-state index is 11.5. The summed E-state index contributed by atoms with van der Waals surface area (Å²) in [4.78, 5) is 13.8. The van der Waals surface area contributed by atoms with Gasteiger partial charge in [-0.05, 0) is 25.2 Å². The minimum absolute atomic E-state index is 0.127. The maximum Gasteiger partial charge on any atom is 0.251 e. The molecule has 1 aromatic carbocycles. The van der Waals surface area contributed by atoms with E-state index in [1.807, 2.05) is 6.07 Å². The van der Waals surface area contributed by atoms with E-state index in [4.69, 9.17) is 5.73 Å². The van der Waals surface area contributed by atoms with Crippen LogP contribution in [0, 0.1) is 0 Å². The highest BCUT2D eigenvalue weighted by molar-refractivity contribution is 5.95. The number of likely N-dealkylation sites (N-methyl/N-ethyl adjacent to an activating group) is 1. The third-order valence-electron chi connectivity index (χ3n) is 3.32. The van der Waals surface area contributed by atoms with Gasteiger partial charge in [-0.15, -0.1) is 0 Å². The molecule has 1 saturated heterocycles. The van der Waals surface area contributed by atoms with Crippen LogP contribution in [0.4, 0.5) is 11.4 Å². The van der Waals surface area contributed by atoms with Crippen molar-refractivity contribution < 1.29 is 4.79 Å². The fourth-order valence-corrected chi connectivity index (χ4v) is 2.04. The van der Waals surface area contributed by atoms with Crippen molar-refractivity contribution in [2.24, 2.45) is 0 Å². The Morgan fingerprint density at radius 2 is 1.95 bits per heavy atom. The lowest BCUT2D eigenvalue weighted by molar-refractivity contribution is 0.0963. The van der Waals surface area contributed by atoms with E-state index in [0.29, 0.717) is 11.3 Å². The van der Waals surface area contributed by atoms with Gasteiger partial charge in [0.15, 0.2) is 0 Å². The van der Waals surface area contributed by atoms with Gasteiger partial charge < -0.3 is 21.4 Å². The van der Waals surface area contributed by atoms with Crippen molar-refractivity contribution in [2.75, 3.05) is 51.4 Å². The van der Waals surface area contributed by atoms with Gasteiger partial charge in [0.1, 0.15) is 0 Å². The molecule has 1 fully saturated rings. The van der Waals surface area contributed by atoms with E-state index in [-0.39, 0.29) is 5.91 Å². The monoisotopic (exact) mass is 263 g/mol. The van der Waals surface area contributed by atoms with Crippen molar-refractivity contribution in [3.8, 4) is 0 Å². The van der Waals surface area contributed by atoms with Gasteiger partial charge in [0.2, 0.25) is 0 Å². The molecule has 1 aromatic rings. The highest BCUT2D eigenvalue weighted by Gasteiger charge is 2.14. The number of benzene rings is 1. The van der Waals surface area contributed by atoms with Gasteiger partial charge in [0.05, 0.1) is 11.4 Å². The third-order valence-corrected chi connectivity index (χ3v) is 3.32. The predicted octanol–water partition coefficient (Wildman–Crippen LogP) is 0.203. The van der Waals surface area contributed by atoms with Gasteiger partial charge in [-0.3, -0.25) is 4.79 Å². The molecule has 0 spiro atoms. The molecule has 0 aromatic heterocycles. The number of hydrazine groups is 1. The molecule has 0 atom stereocenters. The van der Waals surface area contributed by atoms with Crippen LogP contribution in [0.3, 0.4) is 0 Å². The van der Waals surface area contributed by atoms with E-state index >= 15 is 0 Å². The number of piperazine rings is 1. The number of rotatable bonds is 3. The summed E-state index contributed by atoms with van der Waals surface area (Å²) >= 11 is 0. The first kappa shape index (κ1) is 13.6. The zero-order chi connectivity index (χ0) is 13.8. The second-order valence-corrected chi connectivity index (χ2v) is 4.78. The van der Waals surface area contributed by atoms with E-state index in [0.717, 1.165) is 31.9 Å². The average molecular weight is 263 g/mol. The van der Waals surface area contributed by atoms with Crippen LogP contribution in [0.25, 0.3) is 0 Å². The van der Waals surface area contributed by atoms with Crippen LogP contribution in [0.2, 0.25) is 0 Å². The molecular weight excluding hydrogens is 242 g/mol. The predicted molar refractivity (Wildman–Crippen MR) is 76.9 cm³/mol. The lowest BCUT2D eigenvalue weighted by Gasteiger charge is -2.33. The standard InChI is InChI=1S/C13H21N5O/c1-15-13(19)10-3-4-12(11(14)9-10)16-18-7-5-17(2)6-8-18/h3-4,9,16H,5-8,14H2,1-2H3,(H,15,19). The Balaban J connectivity index is 2.03. The Labute approximate surface area is 113 Å². The molecule has 1 amide bonds. The van der Waals surface area contributed by atoms with Gasteiger partial charge in [0, 0.05) is 38.8 Å². The van der Waals surface area contributed by atoms with Crippen LogP contribution in [0.5, 0.6) is 0 Å². The highest BCUT2D eigenvalue weighted by atomic mass is 16.1. The zero-order valence-electron chi connectivity index (χ0n) is 11.4. The molecular formula is C13H21N5O. The first-order valence-corrected chi connectivity index (χ1v) is 6.42. The van der Waals surface area contributed by atoms with E-state index in [2.05, 4.69) is 27.7 Å². The minimum atomic E-state index is -0.127. The van der Waals surface area contributed by atoms with Crippen molar-refractivity contribution in [1.29, 1.82) is 0 Å². The number of nitrogen functional groups attached to an aromatic ring is 1. The summed E-state index contributed by atoms with van der Waals surface area (Å²) in [6.07, 6.45) is 0. The summed E-state index contributed by atoms with van der Waals surface area (Å²) in [5.41, 5.74) is 11.3. The van der Waals surface area contributed by atoms with Crippen molar-refractivity contribution in [3.63, 3.8) is 0 Å². The second-order valence-electron chi connectivity index (χ2n) is 4.78. The maximum absolute atomic E-state index is 11.5. The van der Waals surface area contributed by atoms with Gasteiger partial charge in [-0.25, -0.2) is 5.01 Å². The Bertz CT molecular complexity index is 454. The molecule has 6 nitrogen and oxygen atoms in total. The fraction of sp³-hybridized carbons (Fsp3) is 0.462. The van der Waals surface area contributed by atoms with Crippen LogP contribution >= 0.6 is 0 Å². The Hall–Kier alpha value is -1.79. The lowest BCUT2D eigenvalue weighted by Crippen LogP contribution is -2.47. The molecule has 19 heavy (non-hydrogen) atoms. The van der Waals surface area contributed by atoms with Crippen LogP contribution in [-0.4, -0.2) is 56.1 Å². The molecule has 1 heterocycles. The van der Waals surface area contributed by atoms with Crippen molar-refractivity contribution >= 4 is 17.3 Å². The fourth-order valence-electron chi connectivity index (χ4n) is 2.04. The molecule has 1 aliphatic heterocycles. The number of amides is 1. The number of nitrogens with two attached hydrogens (primary N) is 1. The molecule has 2 rings (SSSR count). The normalized spacial score (nSPS) is 17.2. The number of hydrogen-bond acceptors (Lipinski definition) is 5. The van der Waals surface area contributed by atoms with Crippen molar-refractivity contribution in [2.45, 2.75) is 0 Å². The summed E-state index contributed by atoms with van der Waals surface area (Å²) in [6.45, 7) is 3.97. The average Bonchev–Trinajstić information content (AvgIpc) is 2.42. The quantitative estimate of drug-likeness (QED) is 0.680. The molecule has 0 unspecified atom stereocenters. The molecule has 1 aliphatic rings. The molecule has 4 N–H and O–H groups in total. The topological polar surface area (TPSA) is 73.6 Å². The van der Waals surface area contributed by atoms with E-state index in [9.17, 15) is 4.79 Å². The van der Waals surface area contributed by atoms with Crippen LogP contribution < -0.4 is 16.5 Å². The van der Waals surface area contributed by atoms with Gasteiger partial charge in [-0.2, -0.15) is 0 Å². The number of carbonyl (C=O) groups is 1. The Kier molecular flexibility index (Phi) is 4.24. The van der Waals surface area contributed by atoms with Crippen molar-refractivity contribution in [3.05, 3.63) is 23.8 Å². The Morgan fingerprint density at radius 1 is 1.26 bits per heavy atom. The molecule has 0 bridgehead atoms. The van der Waals surface area contributed by atoms with Gasteiger partial charge >= 0.3 is 0 Å². The molecule has 6 heteroatoms. The second kappa shape index (κ2) is 5.90. The minimum Gasteiger partial charge on any atom is -0.397 e. The smallest absolute Gasteiger partial charge is 0.251 e. The summed E-state index contributed by atoms with van der Waals surface area (Å²) in [6, 6.07) is 5.31. The third kappa shape index (κ3) is 3.36. The number of anilines is 2. The molecule has 0 radical (unpaired) electrons. The van der Waals surface area contributed by atoms with Gasteiger partial charge in [-0.1, -0.05) is 0 Å². The molecule has 0 aliphatic carbocycles. The van der Waals surface area contributed by atoms with E-state index < -0.39 is 0 Å². The Morgan fingerprint density at radius 3 is 2.53 bits per heavy atom. The number of nitrogens with one attached hydrogen (secondary N) is 2. The number of hydrogen-bond donors (Lipinski definition) is 3. The first-order valence-electron chi connectivity index (χ1n) is 6.42. The number of carbonyl (C=O) groups excluding carboxylic acids is 1. The van der Waals surface area contributed by atoms with Crippen LogP contribution in [0.1, 0.15) is 10.4 Å². The molecule has 104 valence electrons. The SMILES string of the molecule is CNC(=O)c1ccc(NN2CCN(C)CC2)c(N)c1. The van der Waals surface area contributed by atoms with E-state index in [1.54, 1.807) is 19.2 Å². The van der Waals surface area contributed by atoms with Gasteiger partial charge in [0.25, 0.3) is 5.91 Å². The number of nitrogens with zero attached hydrogens (tertiary/aromatic N) is 2. The summed E-state index contributed by atoms with van der Waals surface area (Å²) < 4.78 is 0. The largest absolute Gasteiger partial charge is 0.397 e. The van der Waals surface area contributed by atoms with E-state index in [1.165, 1.54) is 0 Å². The zero-order valence-corrected chi connectivity index (χ0v) is 11.4.